The molecule has 24 heavy (non-hydrogen) atoms. The van der Waals surface area contributed by atoms with Gasteiger partial charge in [0, 0.05) is 17.6 Å². The molecule has 0 radical (unpaired) electrons. The zero-order chi connectivity index (χ0) is 18.1. The summed E-state index contributed by atoms with van der Waals surface area (Å²) in [6, 6.07) is 10.1. The molecule has 132 valence electrons. The second-order valence-electron chi connectivity index (χ2n) is 7.84. The van der Waals surface area contributed by atoms with Crippen molar-refractivity contribution in [3.8, 4) is 0 Å². The molecule has 1 aromatic carbocycles. The normalized spacial score (nSPS) is 20.5. The van der Waals surface area contributed by atoms with Gasteiger partial charge in [-0.2, -0.15) is 0 Å². The zero-order valence-electron chi connectivity index (χ0n) is 15.0. The fourth-order valence-electron chi connectivity index (χ4n) is 3.95. The SMILES string of the molecule is CC1(C)CC(N(N)C(=O)C(N)=O)CC(C)(C)N1Cc1ccccc1. The lowest BCUT2D eigenvalue weighted by Crippen LogP contribution is -2.66. The van der Waals surface area contributed by atoms with Gasteiger partial charge in [-0.25, -0.2) is 5.84 Å². The Kier molecular flexibility index (Phi) is 5.01. The molecule has 1 heterocycles. The fourth-order valence-corrected chi connectivity index (χ4v) is 3.95. The number of likely N-dealkylation sites (tertiary alicyclic amines) is 1. The van der Waals surface area contributed by atoms with Crippen molar-refractivity contribution in [2.45, 2.75) is 64.2 Å². The molecule has 4 N–H and O–H groups in total. The van der Waals surface area contributed by atoms with Crippen molar-refractivity contribution in [2.24, 2.45) is 11.6 Å². The number of carbonyl (C=O) groups excluding carboxylic acids is 2. The minimum Gasteiger partial charge on any atom is -0.361 e. The Morgan fingerprint density at radius 1 is 1.12 bits per heavy atom. The quantitative estimate of drug-likeness (QED) is 0.379. The van der Waals surface area contributed by atoms with Gasteiger partial charge in [0.15, 0.2) is 0 Å². The largest absolute Gasteiger partial charge is 0.361 e. The molecule has 1 aliphatic heterocycles. The van der Waals surface area contributed by atoms with Gasteiger partial charge in [0.25, 0.3) is 0 Å². The van der Waals surface area contributed by atoms with Crippen molar-refractivity contribution in [3.05, 3.63) is 35.9 Å². The smallest absolute Gasteiger partial charge is 0.325 e. The summed E-state index contributed by atoms with van der Waals surface area (Å²) >= 11 is 0. The summed E-state index contributed by atoms with van der Waals surface area (Å²) in [5, 5.41) is 1.02. The van der Waals surface area contributed by atoms with E-state index in [0.29, 0.717) is 12.8 Å². The molecule has 1 fully saturated rings. The summed E-state index contributed by atoms with van der Waals surface area (Å²) in [5.74, 6) is 4.05. The van der Waals surface area contributed by atoms with Gasteiger partial charge in [-0.1, -0.05) is 30.3 Å². The monoisotopic (exact) mass is 332 g/mol. The van der Waals surface area contributed by atoms with Crippen molar-refractivity contribution in [2.75, 3.05) is 0 Å². The van der Waals surface area contributed by atoms with Gasteiger partial charge in [0.1, 0.15) is 0 Å². The number of benzene rings is 1. The van der Waals surface area contributed by atoms with E-state index in [4.69, 9.17) is 11.6 Å². The number of amides is 2. The van der Waals surface area contributed by atoms with E-state index in [1.807, 2.05) is 18.2 Å². The van der Waals surface area contributed by atoms with Crippen LogP contribution in [0.25, 0.3) is 0 Å². The Hall–Kier alpha value is -1.92. The predicted octanol–water partition coefficient (Wildman–Crippen LogP) is 1.40. The molecule has 0 bridgehead atoms. The molecule has 2 amide bonds. The third kappa shape index (κ3) is 3.76. The zero-order valence-corrected chi connectivity index (χ0v) is 15.0. The van der Waals surface area contributed by atoms with E-state index in [9.17, 15) is 9.59 Å². The van der Waals surface area contributed by atoms with Crippen molar-refractivity contribution in [3.63, 3.8) is 0 Å². The first-order valence-electron chi connectivity index (χ1n) is 8.24. The number of hydrogen-bond donors (Lipinski definition) is 2. The summed E-state index contributed by atoms with van der Waals surface area (Å²) in [5.41, 5.74) is 5.97. The molecule has 2 rings (SSSR count). The maximum Gasteiger partial charge on any atom is 0.325 e. The molecular formula is C18H28N4O2. The van der Waals surface area contributed by atoms with Crippen LogP contribution in [0.3, 0.4) is 0 Å². The molecule has 6 heteroatoms. The van der Waals surface area contributed by atoms with Crippen molar-refractivity contribution in [1.29, 1.82) is 0 Å². The molecule has 0 spiro atoms. The van der Waals surface area contributed by atoms with Crippen LogP contribution in [-0.4, -0.2) is 38.8 Å². The standard InChI is InChI=1S/C18H28N4O2/c1-17(2)10-14(22(20)16(24)15(19)23)11-18(3,4)21(17)12-13-8-6-5-7-9-13/h5-9,14H,10-12,20H2,1-4H3,(H2,19,23). The Morgan fingerprint density at radius 2 is 1.62 bits per heavy atom. The van der Waals surface area contributed by atoms with Crippen LogP contribution >= 0.6 is 0 Å². The van der Waals surface area contributed by atoms with Crippen LogP contribution in [0.15, 0.2) is 30.3 Å². The van der Waals surface area contributed by atoms with E-state index in [0.717, 1.165) is 11.6 Å². The molecule has 0 atom stereocenters. The summed E-state index contributed by atoms with van der Waals surface area (Å²) in [6.07, 6.45) is 1.36. The third-order valence-corrected chi connectivity index (χ3v) is 4.95. The van der Waals surface area contributed by atoms with Crippen LogP contribution in [-0.2, 0) is 16.1 Å². The maximum atomic E-state index is 11.8. The average Bonchev–Trinajstić information content (AvgIpc) is 2.49. The molecule has 0 saturated carbocycles. The molecule has 6 nitrogen and oxygen atoms in total. The highest BCUT2D eigenvalue weighted by molar-refractivity contribution is 6.34. The van der Waals surface area contributed by atoms with Gasteiger partial charge in [0.05, 0.1) is 6.04 Å². The van der Waals surface area contributed by atoms with Gasteiger partial charge < -0.3 is 5.73 Å². The fraction of sp³-hybridized carbons (Fsp3) is 0.556. The van der Waals surface area contributed by atoms with Gasteiger partial charge in [-0.3, -0.25) is 19.5 Å². The molecule has 0 unspecified atom stereocenters. The predicted molar refractivity (Wildman–Crippen MR) is 93.4 cm³/mol. The first-order chi connectivity index (χ1) is 11.0. The highest BCUT2D eigenvalue weighted by atomic mass is 16.2. The number of hydrogen-bond acceptors (Lipinski definition) is 4. The minimum absolute atomic E-state index is 0.183. The average molecular weight is 332 g/mol. The van der Waals surface area contributed by atoms with Crippen molar-refractivity contribution >= 4 is 11.8 Å². The second kappa shape index (κ2) is 6.53. The molecule has 1 aliphatic rings. The van der Waals surface area contributed by atoms with Crippen LogP contribution in [0.5, 0.6) is 0 Å². The van der Waals surface area contributed by atoms with E-state index in [-0.39, 0.29) is 17.1 Å². The number of carbonyl (C=O) groups is 2. The Morgan fingerprint density at radius 3 is 2.08 bits per heavy atom. The van der Waals surface area contributed by atoms with Crippen molar-refractivity contribution < 1.29 is 9.59 Å². The van der Waals surface area contributed by atoms with Crippen molar-refractivity contribution in [1.82, 2.24) is 9.91 Å². The van der Waals surface area contributed by atoms with E-state index < -0.39 is 11.8 Å². The third-order valence-electron chi connectivity index (χ3n) is 4.95. The van der Waals surface area contributed by atoms with Gasteiger partial charge in [0.2, 0.25) is 0 Å². The van der Waals surface area contributed by atoms with E-state index in [1.54, 1.807) is 0 Å². The number of rotatable bonds is 3. The van der Waals surface area contributed by atoms with Crippen LogP contribution in [0.1, 0.15) is 46.1 Å². The van der Waals surface area contributed by atoms with Crippen LogP contribution in [0.2, 0.25) is 0 Å². The van der Waals surface area contributed by atoms with Gasteiger partial charge >= 0.3 is 11.8 Å². The summed E-state index contributed by atoms with van der Waals surface area (Å²) in [6.45, 7) is 9.40. The number of primary amides is 1. The lowest BCUT2D eigenvalue weighted by Gasteiger charge is -2.56. The first-order valence-corrected chi connectivity index (χ1v) is 8.24. The summed E-state index contributed by atoms with van der Waals surface area (Å²) in [7, 11) is 0. The number of hydrazine groups is 1. The molecular weight excluding hydrogens is 304 g/mol. The summed E-state index contributed by atoms with van der Waals surface area (Å²) < 4.78 is 0. The second-order valence-corrected chi connectivity index (χ2v) is 7.84. The number of nitrogens with two attached hydrogens (primary N) is 2. The molecule has 1 aromatic rings. The lowest BCUT2D eigenvalue weighted by atomic mass is 9.76. The number of nitrogens with zero attached hydrogens (tertiary/aromatic N) is 2. The maximum absolute atomic E-state index is 11.8. The molecule has 0 aliphatic carbocycles. The van der Waals surface area contributed by atoms with Gasteiger partial charge in [-0.15, -0.1) is 0 Å². The Bertz CT molecular complexity index is 595. The highest BCUT2D eigenvalue weighted by Crippen LogP contribution is 2.40. The Balaban J connectivity index is 2.23. The topological polar surface area (TPSA) is 92.7 Å². The first kappa shape index (κ1) is 18.4. The van der Waals surface area contributed by atoms with Crippen LogP contribution in [0, 0.1) is 0 Å². The molecule has 1 saturated heterocycles. The van der Waals surface area contributed by atoms with E-state index in [2.05, 4.69) is 44.7 Å². The highest BCUT2D eigenvalue weighted by Gasteiger charge is 2.47. The van der Waals surface area contributed by atoms with Crippen LogP contribution < -0.4 is 11.6 Å². The lowest BCUT2D eigenvalue weighted by molar-refractivity contribution is -0.150. The van der Waals surface area contributed by atoms with Crippen LogP contribution in [0.4, 0.5) is 0 Å². The number of piperidine rings is 1. The minimum atomic E-state index is -1.01. The molecule has 0 aromatic heterocycles. The van der Waals surface area contributed by atoms with E-state index >= 15 is 0 Å². The summed E-state index contributed by atoms with van der Waals surface area (Å²) in [4.78, 5) is 25.4. The van der Waals surface area contributed by atoms with Gasteiger partial charge in [-0.05, 0) is 46.1 Å². The van der Waals surface area contributed by atoms with E-state index in [1.165, 1.54) is 5.56 Å². The Labute approximate surface area is 143 Å².